The zero-order chi connectivity index (χ0) is 24.8. The predicted octanol–water partition coefficient (Wildman–Crippen LogP) is 6.49. The summed E-state index contributed by atoms with van der Waals surface area (Å²) in [6.45, 7) is 6.50. The third kappa shape index (κ3) is 4.52. The van der Waals surface area contributed by atoms with E-state index in [1.165, 1.54) is 24.4 Å². The molecular weight excluding hydrogens is 484 g/mol. The standard InChI is InChI=1S/C24H21ClF3N4OP/c1-12(15-6-5-7-16(26)21(15)28)31-24-20(25)13(2)30-18-10-17(27)22(32-23(18)24)14-8-9-19(29-11-14)34(3,4)33/h5-12H,1-4H3,(H,30,31). The number of aromatic nitrogens is 3. The Kier molecular flexibility index (Phi) is 6.40. The summed E-state index contributed by atoms with van der Waals surface area (Å²) in [5, 5.41) is 3.32. The fourth-order valence-corrected chi connectivity index (χ4v) is 4.55. The Morgan fingerprint density at radius 1 is 1.06 bits per heavy atom. The van der Waals surface area contributed by atoms with Gasteiger partial charge >= 0.3 is 0 Å². The first-order valence-corrected chi connectivity index (χ1v) is 13.3. The maximum atomic E-state index is 15.0. The minimum atomic E-state index is -2.57. The van der Waals surface area contributed by atoms with Gasteiger partial charge in [0.25, 0.3) is 0 Å². The summed E-state index contributed by atoms with van der Waals surface area (Å²) >= 11 is 6.51. The molecule has 0 aliphatic heterocycles. The minimum Gasteiger partial charge on any atom is -0.375 e. The molecule has 10 heteroatoms. The number of hydrogen-bond acceptors (Lipinski definition) is 5. The van der Waals surface area contributed by atoms with E-state index in [0.29, 0.717) is 22.4 Å². The summed E-state index contributed by atoms with van der Waals surface area (Å²) in [5.74, 6) is -2.55. The number of benzene rings is 1. The second-order valence-electron chi connectivity index (χ2n) is 8.34. The molecule has 0 aliphatic rings. The van der Waals surface area contributed by atoms with Crippen molar-refractivity contribution in [2.24, 2.45) is 0 Å². The van der Waals surface area contributed by atoms with Crippen molar-refractivity contribution >= 4 is 40.9 Å². The van der Waals surface area contributed by atoms with Crippen LogP contribution in [0.1, 0.15) is 24.2 Å². The molecule has 3 aromatic heterocycles. The molecule has 0 bridgehead atoms. The normalized spacial score (nSPS) is 12.7. The molecule has 1 unspecified atom stereocenters. The average Bonchev–Trinajstić information content (AvgIpc) is 2.78. The zero-order valence-electron chi connectivity index (χ0n) is 18.8. The molecular formula is C24H21ClF3N4OP. The van der Waals surface area contributed by atoms with Crippen LogP contribution >= 0.6 is 18.7 Å². The number of anilines is 1. The first-order chi connectivity index (χ1) is 16.0. The number of pyridine rings is 3. The van der Waals surface area contributed by atoms with Crippen LogP contribution in [0.5, 0.6) is 0 Å². The average molecular weight is 505 g/mol. The van der Waals surface area contributed by atoms with Crippen molar-refractivity contribution in [3.63, 3.8) is 0 Å². The van der Waals surface area contributed by atoms with Gasteiger partial charge in [-0.15, -0.1) is 0 Å². The van der Waals surface area contributed by atoms with Crippen LogP contribution in [-0.4, -0.2) is 28.3 Å². The van der Waals surface area contributed by atoms with Crippen LogP contribution in [0.25, 0.3) is 22.3 Å². The third-order valence-electron chi connectivity index (χ3n) is 5.40. The molecule has 34 heavy (non-hydrogen) atoms. The van der Waals surface area contributed by atoms with Crippen LogP contribution in [0.4, 0.5) is 18.9 Å². The maximum absolute atomic E-state index is 15.0. The van der Waals surface area contributed by atoms with Gasteiger partial charge in [-0.1, -0.05) is 23.7 Å². The highest BCUT2D eigenvalue weighted by Gasteiger charge is 2.21. The van der Waals surface area contributed by atoms with Gasteiger partial charge in [0.05, 0.1) is 33.4 Å². The van der Waals surface area contributed by atoms with Crippen molar-refractivity contribution in [3.05, 3.63) is 76.3 Å². The quantitative estimate of drug-likeness (QED) is 0.315. The van der Waals surface area contributed by atoms with Crippen molar-refractivity contribution in [1.82, 2.24) is 15.0 Å². The molecule has 0 saturated carbocycles. The van der Waals surface area contributed by atoms with E-state index in [4.69, 9.17) is 11.6 Å². The topological polar surface area (TPSA) is 67.8 Å². The summed E-state index contributed by atoms with van der Waals surface area (Å²) in [6, 6.07) is 7.64. The minimum absolute atomic E-state index is 0.00273. The molecule has 0 spiro atoms. The number of hydrogen-bond donors (Lipinski definition) is 1. The lowest BCUT2D eigenvalue weighted by atomic mass is 10.1. The lowest BCUT2D eigenvalue weighted by molar-refractivity contribution is 0.495. The zero-order valence-corrected chi connectivity index (χ0v) is 20.5. The predicted molar refractivity (Wildman–Crippen MR) is 130 cm³/mol. The summed E-state index contributed by atoms with van der Waals surface area (Å²) in [6.07, 6.45) is 1.41. The number of nitrogens with one attached hydrogen (secondary N) is 1. The van der Waals surface area contributed by atoms with Gasteiger partial charge < -0.3 is 9.88 Å². The van der Waals surface area contributed by atoms with Gasteiger partial charge in [0, 0.05) is 23.4 Å². The Balaban J connectivity index is 1.84. The molecule has 0 aliphatic carbocycles. The molecule has 0 amide bonds. The Morgan fingerprint density at radius 2 is 1.79 bits per heavy atom. The molecule has 0 saturated heterocycles. The van der Waals surface area contributed by atoms with E-state index in [9.17, 15) is 17.7 Å². The van der Waals surface area contributed by atoms with Crippen LogP contribution in [-0.2, 0) is 4.57 Å². The monoisotopic (exact) mass is 504 g/mol. The fraction of sp³-hybridized carbons (Fsp3) is 0.208. The highest BCUT2D eigenvalue weighted by molar-refractivity contribution is 7.69. The van der Waals surface area contributed by atoms with Gasteiger partial charge in [0.1, 0.15) is 18.4 Å². The lowest BCUT2D eigenvalue weighted by Crippen LogP contribution is -2.12. The van der Waals surface area contributed by atoms with E-state index < -0.39 is 30.6 Å². The van der Waals surface area contributed by atoms with Crippen molar-refractivity contribution < 1.29 is 17.7 Å². The van der Waals surface area contributed by atoms with Crippen molar-refractivity contribution in [1.29, 1.82) is 0 Å². The van der Waals surface area contributed by atoms with Crippen molar-refractivity contribution in [3.8, 4) is 11.3 Å². The fourth-order valence-electron chi connectivity index (χ4n) is 3.59. The summed E-state index contributed by atoms with van der Waals surface area (Å²) in [4.78, 5) is 13.0. The largest absolute Gasteiger partial charge is 0.375 e. The molecule has 4 aromatic rings. The Morgan fingerprint density at radius 3 is 2.44 bits per heavy atom. The molecule has 176 valence electrons. The molecule has 1 atom stereocenters. The van der Waals surface area contributed by atoms with Gasteiger partial charge in [-0.25, -0.2) is 23.1 Å². The van der Waals surface area contributed by atoms with Crippen molar-refractivity contribution in [2.75, 3.05) is 18.6 Å². The Bertz CT molecular complexity index is 1460. The molecule has 0 fully saturated rings. The number of halogens is 4. The second-order valence-corrected chi connectivity index (χ2v) is 11.9. The molecule has 0 radical (unpaired) electrons. The van der Waals surface area contributed by atoms with E-state index in [2.05, 4.69) is 20.3 Å². The first kappa shape index (κ1) is 24.2. The number of aryl methyl sites for hydroxylation is 1. The SMILES string of the molecule is Cc1nc2cc(F)c(-c3ccc(P(C)(C)=O)nc3)nc2c(NC(C)c2cccc(F)c2F)c1Cl. The van der Waals surface area contributed by atoms with Crippen LogP contribution in [0.3, 0.4) is 0 Å². The number of rotatable bonds is 5. The number of fused-ring (bicyclic) bond motifs is 1. The molecule has 1 N–H and O–H groups in total. The Hall–Kier alpha value is -2.96. The van der Waals surface area contributed by atoms with Crippen LogP contribution in [0.15, 0.2) is 42.6 Å². The van der Waals surface area contributed by atoms with E-state index in [0.717, 1.165) is 6.07 Å². The number of nitrogens with zero attached hydrogens (tertiary/aromatic N) is 3. The highest BCUT2D eigenvalue weighted by Crippen LogP contribution is 2.37. The lowest BCUT2D eigenvalue weighted by Gasteiger charge is -2.20. The van der Waals surface area contributed by atoms with Crippen LogP contribution < -0.4 is 10.8 Å². The van der Waals surface area contributed by atoms with Crippen LogP contribution in [0, 0.1) is 24.4 Å². The third-order valence-corrected chi connectivity index (χ3v) is 7.23. The smallest absolute Gasteiger partial charge is 0.164 e. The summed E-state index contributed by atoms with van der Waals surface area (Å²) in [5.41, 5.74) is 2.15. The van der Waals surface area contributed by atoms with Gasteiger partial charge in [-0.05, 0) is 45.4 Å². The van der Waals surface area contributed by atoms with E-state index in [1.54, 1.807) is 39.3 Å². The highest BCUT2D eigenvalue weighted by atomic mass is 35.5. The van der Waals surface area contributed by atoms with Crippen LogP contribution in [0.2, 0.25) is 5.02 Å². The summed E-state index contributed by atoms with van der Waals surface area (Å²) < 4.78 is 55.3. The van der Waals surface area contributed by atoms with Gasteiger partial charge in [0.15, 0.2) is 17.5 Å². The Labute approximate surface area is 199 Å². The van der Waals surface area contributed by atoms with Gasteiger partial charge in [-0.2, -0.15) is 0 Å². The van der Waals surface area contributed by atoms with E-state index in [1.807, 2.05) is 0 Å². The molecule has 1 aromatic carbocycles. The van der Waals surface area contributed by atoms with E-state index >= 15 is 0 Å². The summed E-state index contributed by atoms with van der Waals surface area (Å²) in [7, 11) is -2.57. The first-order valence-electron chi connectivity index (χ1n) is 10.4. The maximum Gasteiger partial charge on any atom is 0.164 e. The molecule has 3 heterocycles. The molecule has 5 nitrogen and oxygen atoms in total. The van der Waals surface area contributed by atoms with E-state index in [-0.39, 0.29) is 27.3 Å². The van der Waals surface area contributed by atoms with Crippen molar-refractivity contribution in [2.45, 2.75) is 19.9 Å². The van der Waals surface area contributed by atoms with Gasteiger partial charge in [0.2, 0.25) is 0 Å². The molecule has 4 rings (SSSR count). The second kappa shape index (κ2) is 9.01. The van der Waals surface area contributed by atoms with Gasteiger partial charge in [-0.3, -0.25) is 4.98 Å².